The number of methoxy groups -OCH3 is 2. The second kappa shape index (κ2) is 7.47. The Bertz CT molecular complexity index is 461. The monoisotopic (exact) mass is 281 g/mol. The van der Waals surface area contributed by atoms with Crippen LogP contribution in [0.5, 0.6) is 11.5 Å². The van der Waals surface area contributed by atoms with Gasteiger partial charge in [-0.1, -0.05) is 13.8 Å². The molecule has 0 fully saturated rings. The van der Waals surface area contributed by atoms with E-state index in [4.69, 9.17) is 15.2 Å². The molecule has 0 aliphatic carbocycles. The van der Waals surface area contributed by atoms with Crippen LogP contribution in [0, 0.1) is 5.92 Å². The molecule has 0 spiro atoms. The number of anilines is 2. The van der Waals surface area contributed by atoms with Crippen LogP contribution in [0.4, 0.5) is 11.4 Å². The predicted molar refractivity (Wildman–Crippen MR) is 80.3 cm³/mol. The second-order valence-corrected chi connectivity index (χ2v) is 4.85. The lowest BCUT2D eigenvalue weighted by Crippen LogP contribution is -2.32. The number of nitrogens with one attached hydrogen (secondary N) is 2. The number of nitrogen functional groups attached to an aromatic ring is 1. The van der Waals surface area contributed by atoms with Gasteiger partial charge in [0.05, 0.1) is 32.1 Å². The number of ether oxygens (including phenoxy) is 2. The summed E-state index contributed by atoms with van der Waals surface area (Å²) in [5.41, 5.74) is 7.04. The number of carbonyl (C=O) groups excluding carboxylic acids is 1. The number of benzene rings is 1. The van der Waals surface area contributed by atoms with Gasteiger partial charge in [-0.05, 0) is 5.92 Å². The van der Waals surface area contributed by atoms with E-state index in [2.05, 4.69) is 10.6 Å². The van der Waals surface area contributed by atoms with Crippen molar-refractivity contribution in [3.8, 4) is 11.5 Å². The summed E-state index contributed by atoms with van der Waals surface area (Å²) in [5, 5.41) is 5.81. The van der Waals surface area contributed by atoms with Crippen molar-refractivity contribution < 1.29 is 14.3 Å². The maximum Gasteiger partial charge on any atom is 0.239 e. The van der Waals surface area contributed by atoms with E-state index in [0.29, 0.717) is 35.3 Å². The quantitative estimate of drug-likeness (QED) is 0.659. The maximum absolute atomic E-state index is 11.6. The first-order valence-corrected chi connectivity index (χ1v) is 6.50. The molecule has 0 saturated heterocycles. The molecule has 1 aromatic carbocycles. The molecule has 0 bridgehead atoms. The molecule has 1 amide bonds. The van der Waals surface area contributed by atoms with Crippen LogP contribution in [0.25, 0.3) is 0 Å². The van der Waals surface area contributed by atoms with Crippen LogP contribution in [0.3, 0.4) is 0 Å². The van der Waals surface area contributed by atoms with E-state index >= 15 is 0 Å². The van der Waals surface area contributed by atoms with Crippen LogP contribution in [-0.4, -0.2) is 33.2 Å². The highest BCUT2D eigenvalue weighted by atomic mass is 16.5. The molecular formula is C14H23N3O3. The summed E-state index contributed by atoms with van der Waals surface area (Å²) in [7, 11) is 3.09. The van der Waals surface area contributed by atoms with Gasteiger partial charge < -0.3 is 25.8 Å². The zero-order valence-electron chi connectivity index (χ0n) is 12.4. The van der Waals surface area contributed by atoms with Crippen molar-refractivity contribution in [3.05, 3.63) is 12.1 Å². The van der Waals surface area contributed by atoms with Gasteiger partial charge in [0.1, 0.15) is 0 Å². The van der Waals surface area contributed by atoms with Gasteiger partial charge in [0, 0.05) is 18.7 Å². The van der Waals surface area contributed by atoms with Crippen molar-refractivity contribution in [2.45, 2.75) is 13.8 Å². The van der Waals surface area contributed by atoms with E-state index in [0.717, 1.165) is 0 Å². The van der Waals surface area contributed by atoms with Gasteiger partial charge in [-0.2, -0.15) is 0 Å². The number of hydrogen-bond acceptors (Lipinski definition) is 5. The molecule has 6 nitrogen and oxygen atoms in total. The Morgan fingerprint density at radius 2 is 1.85 bits per heavy atom. The van der Waals surface area contributed by atoms with Gasteiger partial charge in [0.25, 0.3) is 0 Å². The fraction of sp³-hybridized carbons (Fsp3) is 0.500. The molecule has 0 aromatic heterocycles. The van der Waals surface area contributed by atoms with Crippen molar-refractivity contribution in [1.29, 1.82) is 0 Å². The summed E-state index contributed by atoms with van der Waals surface area (Å²) in [6.45, 7) is 4.90. The normalized spacial score (nSPS) is 10.2. The molecule has 0 atom stereocenters. The summed E-state index contributed by atoms with van der Waals surface area (Å²) < 4.78 is 10.3. The molecule has 20 heavy (non-hydrogen) atoms. The van der Waals surface area contributed by atoms with Crippen LogP contribution in [0.15, 0.2) is 12.1 Å². The van der Waals surface area contributed by atoms with E-state index < -0.39 is 0 Å². The SMILES string of the molecule is COc1cc(N)c(NCC(=O)NCC(C)C)cc1OC. The third-order valence-corrected chi connectivity index (χ3v) is 2.70. The van der Waals surface area contributed by atoms with E-state index in [1.54, 1.807) is 26.4 Å². The standard InChI is InChI=1S/C14H23N3O3/c1-9(2)7-17-14(18)8-16-11-6-13(20-4)12(19-3)5-10(11)15/h5-6,9,16H,7-8,15H2,1-4H3,(H,17,18). The second-order valence-electron chi connectivity index (χ2n) is 4.85. The van der Waals surface area contributed by atoms with E-state index in [9.17, 15) is 4.79 Å². The zero-order chi connectivity index (χ0) is 15.1. The Morgan fingerprint density at radius 3 is 2.40 bits per heavy atom. The highest BCUT2D eigenvalue weighted by Gasteiger charge is 2.10. The lowest BCUT2D eigenvalue weighted by Gasteiger charge is -2.14. The van der Waals surface area contributed by atoms with Gasteiger partial charge in [-0.15, -0.1) is 0 Å². The van der Waals surface area contributed by atoms with Crippen molar-refractivity contribution in [2.75, 3.05) is 38.4 Å². The number of hydrogen-bond donors (Lipinski definition) is 3. The lowest BCUT2D eigenvalue weighted by atomic mass is 10.2. The molecule has 0 unspecified atom stereocenters. The van der Waals surface area contributed by atoms with Crippen LogP contribution >= 0.6 is 0 Å². The maximum atomic E-state index is 11.6. The summed E-state index contributed by atoms with van der Waals surface area (Å²) in [5.74, 6) is 1.46. The van der Waals surface area contributed by atoms with Crippen molar-refractivity contribution in [2.24, 2.45) is 5.92 Å². The molecule has 0 aliphatic rings. The van der Waals surface area contributed by atoms with Crippen molar-refractivity contribution in [3.63, 3.8) is 0 Å². The fourth-order valence-corrected chi connectivity index (χ4v) is 1.60. The van der Waals surface area contributed by atoms with Gasteiger partial charge in [-0.3, -0.25) is 4.79 Å². The fourth-order valence-electron chi connectivity index (χ4n) is 1.60. The van der Waals surface area contributed by atoms with E-state index in [1.807, 2.05) is 13.8 Å². The largest absolute Gasteiger partial charge is 0.493 e. The highest BCUT2D eigenvalue weighted by Crippen LogP contribution is 2.34. The molecule has 0 aliphatic heterocycles. The summed E-state index contributed by atoms with van der Waals surface area (Å²) in [4.78, 5) is 11.6. The van der Waals surface area contributed by atoms with Crippen LogP contribution in [-0.2, 0) is 4.79 Å². The van der Waals surface area contributed by atoms with Crippen LogP contribution in [0.2, 0.25) is 0 Å². The molecular weight excluding hydrogens is 258 g/mol. The number of nitrogens with two attached hydrogens (primary N) is 1. The Morgan fingerprint density at radius 1 is 1.25 bits per heavy atom. The average molecular weight is 281 g/mol. The topological polar surface area (TPSA) is 85.6 Å². The summed E-state index contributed by atoms with van der Waals surface area (Å²) in [6, 6.07) is 3.37. The molecule has 0 radical (unpaired) electrons. The molecule has 0 heterocycles. The smallest absolute Gasteiger partial charge is 0.239 e. The number of amides is 1. The average Bonchev–Trinajstić information content (AvgIpc) is 2.43. The zero-order valence-corrected chi connectivity index (χ0v) is 12.4. The van der Waals surface area contributed by atoms with Gasteiger partial charge in [-0.25, -0.2) is 0 Å². The molecule has 112 valence electrons. The van der Waals surface area contributed by atoms with E-state index in [1.165, 1.54) is 0 Å². The Balaban J connectivity index is 2.66. The minimum absolute atomic E-state index is 0.0760. The summed E-state index contributed by atoms with van der Waals surface area (Å²) in [6.07, 6.45) is 0. The third-order valence-electron chi connectivity index (χ3n) is 2.70. The highest BCUT2D eigenvalue weighted by molar-refractivity contribution is 5.83. The minimum atomic E-state index is -0.0760. The van der Waals surface area contributed by atoms with Gasteiger partial charge in [0.2, 0.25) is 5.91 Å². The van der Waals surface area contributed by atoms with Crippen LogP contribution in [0.1, 0.15) is 13.8 Å². The van der Waals surface area contributed by atoms with Gasteiger partial charge in [0.15, 0.2) is 11.5 Å². The number of carbonyl (C=O) groups is 1. The Labute approximate surface area is 119 Å². The molecule has 4 N–H and O–H groups in total. The first-order valence-electron chi connectivity index (χ1n) is 6.50. The van der Waals surface area contributed by atoms with Crippen LogP contribution < -0.4 is 25.8 Å². The molecule has 1 aromatic rings. The van der Waals surface area contributed by atoms with Gasteiger partial charge >= 0.3 is 0 Å². The molecule has 1 rings (SSSR count). The van der Waals surface area contributed by atoms with E-state index in [-0.39, 0.29) is 12.5 Å². The minimum Gasteiger partial charge on any atom is -0.493 e. The molecule has 0 saturated carbocycles. The first kappa shape index (κ1) is 15.9. The predicted octanol–water partition coefficient (Wildman–Crippen LogP) is 1.47. The third kappa shape index (κ3) is 4.53. The molecule has 6 heteroatoms. The summed E-state index contributed by atoms with van der Waals surface area (Å²) >= 11 is 0. The Kier molecular flexibility index (Phi) is 5.96. The lowest BCUT2D eigenvalue weighted by molar-refractivity contribution is -0.119. The van der Waals surface area contributed by atoms with Crippen molar-refractivity contribution >= 4 is 17.3 Å². The first-order chi connectivity index (χ1) is 9.47. The van der Waals surface area contributed by atoms with Crippen molar-refractivity contribution in [1.82, 2.24) is 5.32 Å². The number of rotatable bonds is 7. The Hall–Kier alpha value is -2.11.